The lowest BCUT2D eigenvalue weighted by Crippen LogP contribution is -2.69. The van der Waals surface area contributed by atoms with E-state index in [1.165, 1.54) is 20.7 Å². The van der Waals surface area contributed by atoms with Crippen LogP contribution in [0.1, 0.15) is 48.0 Å². The predicted molar refractivity (Wildman–Crippen MR) is 187 cm³/mol. The van der Waals surface area contributed by atoms with Gasteiger partial charge in [0.2, 0.25) is 0 Å². The topological polar surface area (TPSA) is 38.7 Å². The first-order chi connectivity index (χ1) is 20.4. The van der Waals surface area contributed by atoms with E-state index in [2.05, 4.69) is 145 Å². The van der Waals surface area contributed by atoms with Crippen molar-refractivity contribution in [3.63, 3.8) is 0 Å². The summed E-state index contributed by atoms with van der Waals surface area (Å²) in [6, 6.07) is 42.2. The Morgan fingerprint density at radius 2 is 0.791 bits per heavy atom. The molecule has 5 heteroatoms. The van der Waals surface area contributed by atoms with Crippen molar-refractivity contribution in [2.75, 3.05) is 13.2 Å². The average molecular weight is 609 g/mol. The largest absolute Gasteiger partial charge is 0.404 e. The molecule has 0 aromatic heterocycles. The van der Waals surface area contributed by atoms with Crippen LogP contribution in [0.25, 0.3) is 0 Å². The van der Waals surface area contributed by atoms with E-state index < -0.39 is 22.2 Å². The van der Waals surface area contributed by atoms with E-state index in [0.717, 1.165) is 0 Å². The van der Waals surface area contributed by atoms with Gasteiger partial charge < -0.3 is 14.0 Å². The van der Waals surface area contributed by atoms with E-state index in [4.69, 9.17) is 8.85 Å². The molecule has 0 saturated carbocycles. The molecule has 0 aliphatic rings. The van der Waals surface area contributed by atoms with Gasteiger partial charge >= 0.3 is 0 Å². The summed E-state index contributed by atoms with van der Waals surface area (Å²) in [6.07, 6.45) is 2.13. The van der Waals surface area contributed by atoms with E-state index in [-0.39, 0.29) is 23.3 Å². The SMILES string of the molecule is C=CCC(O)(CO[Si](c1ccccc1)(c1ccccc1)C(C)(C)C)CO[Si](c1ccccc1)(c1ccccc1)C(C)(C)C. The van der Waals surface area contributed by atoms with E-state index in [9.17, 15) is 5.11 Å². The zero-order valence-corrected chi connectivity index (χ0v) is 28.7. The molecule has 4 rings (SSSR count). The molecule has 0 heterocycles. The molecule has 226 valence electrons. The minimum Gasteiger partial charge on any atom is -0.404 e. The highest BCUT2D eigenvalue weighted by Crippen LogP contribution is 2.39. The zero-order valence-electron chi connectivity index (χ0n) is 26.7. The molecular weight excluding hydrogens is 561 g/mol. The van der Waals surface area contributed by atoms with Gasteiger partial charge in [-0.15, -0.1) is 6.58 Å². The summed E-state index contributed by atoms with van der Waals surface area (Å²) >= 11 is 0. The molecule has 4 aromatic carbocycles. The van der Waals surface area contributed by atoms with Crippen molar-refractivity contribution < 1.29 is 14.0 Å². The van der Waals surface area contributed by atoms with Gasteiger partial charge in [0.05, 0.1) is 13.2 Å². The van der Waals surface area contributed by atoms with Crippen LogP contribution in [0, 0.1) is 0 Å². The van der Waals surface area contributed by atoms with Crippen LogP contribution in [0.2, 0.25) is 10.1 Å². The highest BCUT2D eigenvalue weighted by atomic mass is 28.4. The van der Waals surface area contributed by atoms with Crippen molar-refractivity contribution in [3.8, 4) is 0 Å². The molecule has 4 aromatic rings. The maximum absolute atomic E-state index is 12.4. The predicted octanol–water partition coefficient (Wildman–Crippen LogP) is 6.45. The molecule has 0 amide bonds. The van der Waals surface area contributed by atoms with Crippen LogP contribution >= 0.6 is 0 Å². The van der Waals surface area contributed by atoms with Crippen LogP contribution in [0.15, 0.2) is 134 Å². The third-order valence-electron chi connectivity index (χ3n) is 8.47. The number of hydrogen-bond acceptors (Lipinski definition) is 3. The molecule has 0 atom stereocenters. The second-order valence-electron chi connectivity index (χ2n) is 13.6. The zero-order chi connectivity index (χ0) is 31.2. The van der Waals surface area contributed by atoms with Gasteiger partial charge in [0, 0.05) is 0 Å². The summed E-state index contributed by atoms with van der Waals surface area (Å²) in [5.74, 6) is 0. The summed E-state index contributed by atoms with van der Waals surface area (Å²) in [6.45, 7) is 17.8. The Labute approximate surface area is 261 Å². The van der Waals surface area contributed by atoms with Crippen LogP contribution in [0.5, 0.6) is 0 Å². The van der Waals surface area contributed by atoms with Gasteiger partial charge in [0.25, 0.3) is 16.6 Å². The minimum absolute atomic E-state index is 0.129. The van der Waals surface area contributed by atoms with Gasteiger partial charge in [-0.25, -0.2) is 0 Å². The molecule has 0 unspecified atom stereocenters. The van der Waals surface area contributed by atoms with Gasteiger partial charge in [0.1, 0.15) is 5.60 Å². The average Bonchev–Trinajstić information content (AvgIpc) is 2.99. The summed E-state index contributed by atoms with van der Waals surface area (Å²) in [5.41, 5.74) is -1.28. The fourth-order valence-corrected chi connectivity index (χ4v) is 15.7. The van der Waals surface area contributed by atoms with E-state index in [0.29, 0.717) is 6.42 Å². The Kier molecular flexibility index (Phi) is 10.1. The third-order valence-corrected chi connectivity index (χ3v) is 18.4. The van der Waals surface area contributed by atoms with Crippen LogP contribution < -0.4 is 20.7 Å². The fourth-order valence-electron chi connectivity index (χ4n) is 6.44. The summed E-state index contributed by atoms with van der Waals surface area (Å²) in [7, 11) is -5.73. The van der Waals surface area contributed by atoms with Crippen molar-refractivity contribution >= 4 is 37.4 Å². The maximum atomic E-state index is 12.4. The Morgan fingerprint density at radius 3 is 1.00 bits per heavy atom. The van der Waals surface area contributed by atoms with Crippen molar-refractivity contribution in [2.24, 2.45) is 0 Å². The number of aliphatic hydroxyl groups is 1. The Balaban J connectivity index is 1.78. The summed E-state index contributed by atoms with van der Waals surface area (Å²) in [5, 5.41) is 16.7. The van der Waals surface area contributed by atoms with Gasteiger partial charge in [-0.2, -0.15) is 0 Å². The lowest BCUT2D eigenvalue weighted by molar-refractivity contribution is -0.0423. The molecule has 0 spiro atoms. The minimum atomic E-state index is -2.87. The van der Waals surface area contributed by atoms with Crippen LogP contribution in [-0.4, -0.2) is 40.6 Å². The maximum Gasteiger partial charge on any atom is 0.261 e. The van der Waals surface area contributed by atoms with Crippen LogP contribution in [0.4, 0.5) is 0 Å². The first-order valence-corrected chi connectivity index (χ1v) is 19.0. The smallest absolute Gasteiger partial charge is 0.261 e. The second kappa shape index (κ2) is 13.3. The Hall–Kier alpha value is -3.07. The molecule has 1 N–H and O–H groups in total. The van der Waals surface area contributed by atoms with Gasteiger partial charge in [-0.3, -0.25) is 0 Å². The normalized spacial score (nSPS) is 13.1. The van der Waals surface area contributed by atoms with Crippen molar-refractivity contribution in [3.05, 3.63) is 134 Å². The molecule has 0 aliphatic carbocycles. The van der Waals surface area contributed by atoms with Crippen molar-refractivity contribution in [2.45, 2.75) is 63.6 Å². The summed E-state index contributed by atoms with van der Waals surface area (Å²) in [4.78, 5) is 0. The highest BCUT2D eigenvalue weighted by Gasteiger charge is 2.53. The fraction of sp³-hybridized carbons (Fsp3) is 0.316. The van der Waals surface area contributed by atoms with Crippen molar-refractivity contribution in [1.82, 2.24) is 0 Å². The standard InChI is InChI=1S/C38H48O3Si2/c1-8-29-38(39,30-40-42(36(2,3)4,32-21-13-9-14-22-32)33-23-15-10-16-24-33)31-41-43(37(5,6)7,34-25-17-11-18-26-34)35-27-19-12-20-28-35/h8-28,39H,1,29-31H2,2-7H3. The number of benzene rings is 4. The summed E-state index contributed by atoms with van der Waals surface area (Å²) < 4.78 is 14.4. The molecule has 0 saturated heterocycles. The Morgan fingerprint density at radius 1 is 0.535 bits per heavy atom. The van der Waals surface area contributed by atoms with Crippen LogP contribution in [0.3, 0.4) is 0 Å². The lowest BCUT2D eigenvalue weighted by Gasteiger charge is -2.46. The first kappa shape index (κ1) is 32.8. The third kappa shape index (κ3) is 6.71. The van der Waals surface area contributed by atoms with E-state index in [1.54, 1.807) is 6.08 Å². The van der Waals surface area contributed by atoms with Crippen molar-refractivity contribution in [1.29, 1.82) is 0 Å². The monoisotopic (exact) mass is 608 g/mol. The van der Waals surface area contributed by atoms with E-state index in [1.807, 2.05) is 24.3 Å². The second-order valence-corrected chi connectivity index (χ2v) is 22.2. The van der Waals surface area contributed by atoms with E-state index >= 15 is 0 Å². The van der Waals surface area contributed by atoms with Crippen LogP contribution in [-0.2, 0) is 8.85 Å². The highest BCUT2D eigenvalue weighted by molar-refractivity contribution is 7.00. The van der Waals surface area contributed by atoms with Gasteiger partial charge in [0.15, 0.2) is 0 Å². The molecule has 0 bridgehead atoms. The molecule has 43 heavy (non-hydrogen) atoms. The number of rotatable bonds is 12. The van der Waals surface area contributed by atoms with Gasteiger partial charge in [-0.05, 0) is 37.2 Å². The molecule has 3 nitrogen and oxygen atoms in total. The molecule has 0 fully saturated rings. The Bertz CT molecular complexity index is 1240. The molecule has 0 radical (unpaired) electrons. The lowest BCUT2D eigenvalue weighted by atomic mass is 10.0. The number of hydrogen-bond donors (Lipinski definition) is 1. The first-order valence-electron chi connectivity index (χ1n) is 15.2. The molecular formula is C38H48O3Si2. The molecule has 0 aliphatic heterocycles. The quantitative estimate of drug-likeness (QED) is 0.149. The van der Waals surface area contributed by atoms with Gasteiger partial charge in [-0.1, -0.05) is 169 Å².